The molecule has 0 aliphatic carbocycles. The lowest BCUT2D eigenvalue weighted by Gasteiger charge is -2.35. The number of ether oxygens (including phenoxy) is 5. The largest absolute Gasteiger partial charge is 0.477 e. The van der Waals surface area contributed by atoms with E-state index in [1.54, 1.807) is 0 Å². The molecule has 0 heterocycles. The SMILES string of the molecule is CCCCCCCCCCCCOC[C@@](CCCCCCCOCCCCCC)(COCC[N+](C)(C)COC=O)COCC[N+](C)(C)CC(=O)O. The van der Waals surface area contributed by atoms with Crippen molar-refractivity contribution in [2.24, 2.45) is 5.41 Å². The first-order chi connectivity index (χ1) is 24.5. The number of unbranched alkanes of at least 4 members (excludes halogenated alkanes) is 16. The Morgan fingerprint density at radius 3 is 1.41 bits per heavy atom. The van der Waals surface area contributed by atoms with Crippen LogP contribution in [-0.2, 0) is 33.3 Å². The Morgan fingerprint density at radius 2 is 0.941 bits per heavy atom. The van der Waals surface area contributed by atoms with Crippen molar-refractivity contribution in [3.63, 3.8) is 0 Å². The van der Waals surface area contributed by atoms with Gasteiger partial charge in [-0.15, -0.1) is 0 Å². The molecule has 0 aromatic rings. The molecular formula is C41H84N2O8+2. The lowest BCUT2D eigenvalue weighted by molar-refractivity contribution is -0.907. The maximum atomic E-state index is 11.3. The Bertz CT molecular complexity index is 768. The first-order valence-corrected chi connectivity index (χ1v) is 20.7. The third-order valence-electron chi connectivity index (χ3n) is 9.74. The second-order valence-electron chi connectivity index (χ2n) is 16.3. The van der Waals surface area contributed by atoms with Gasteiger partial charge in [0.25, 0.3) is 6.47 Å². The maximum absolute atomic E-state index is 11.3. The third-order valence-corrected chi connectivity index (χ3v) is 9.74. The standard InChI is InChI=1S/C41H83N2O8/c1-7-9-11-13-14-15-16-17-20-25-31-48-35-41(36-49-32-27-42(3,4)34-40(45)46,37-50-33-28-43(5,6)38-51-39-44)26-22-19-18-21-24-30-47-29-23-12-10-8-2/h39H,7-38H2,1-6H3/q+1/p+1/t41-/m1/s1. The van der Waals surface area contributed by atoms with E-state index in [2.05, 4.69) is 13.8 Å². The molecule has 0 aromatic carbocycles. The van der Waals surface area contributed by atoms with Crippen LogP contribution in [0.2, 0.25) is 0 Å². The highest BCUT2D eigenvalue weighted by atomic mass is 16.5. The molecule has 0 unspecified atom stereocenters. The minimum atomic E-state index is -0.804. The van der Waals surface area contributed by atoms with Crippen molar-refractivity contribution >= 4 is 12.4 Å². The highest BCUT2D eigenvalue weighted by Crippen LogP contribution is 2.28. The number of quaternary nitrogens is 2. The Morgan fingerprint density at radius 1 is 0.549 bits per heavy atom. The molecule has 0 saturated carbocycles. The molecule has 304 valence electrons. The number of aliphatic carboxylic acids is 1. The van der Waals surface area contributed by atoms with Crippen molar-refractivity contribution in [1.82, 2.24) is 0 Å². The molecule has 10 nitrogen and oxygen atoms in total. The van der Waals surface area contributed by atoms with E-state index in [0.29, 0.717) is 68.3 Å². The second-order valence-corrected chi connectivity index (χ2v) is 16.3. The normalized spacial score (nSPS) is 13.4. The molecule has 0 fully saturated rings. The molecule has 10 heteroatoms. The van der Waals surface area contributed by atoms with Gasteiger partial charge < -0.3 is 33.3 Å². The van der Waals surface area contributed by atoms with Crippen LogP contribution in [0.1, 0.15) is 142 Å². The van der Waals surface area contributed by atoms with Crippen LogP contribution < -0.4 is 0 Å². The first kappa shape index (κ1) is 49.7. The Kier molecular flexibility index (Phi) is 32.4. The number of hydrogen-bond acceptors (Lipinski definition) is 7. The number of carboxylic acids is 1. The van der Waals surface area contributed by atoms with E-state index < -0.39 is 5.97 Å². The van der Waals surface area contributed by atoms with Gasteiger partial charge in [-0.05, 0) is 25.7 Å². The van der Waals surface area contributed by atoms with Gasteiger partial charge in [-0.2, -0.15) is 0 Å². The average molecular weight is 733 g/mol. The number of carbonyl (C=O) groups excluding carboxylic acids is 1. The molecule has 0 bridgehead atoms. The van der Waals surface area contributed by atoms with E-state index in [4.69, 9.17) is 23.7 Å². The van der Waals surface area contributed by atoms with Crippen LogP contribution in [0.3, 0.4) is 0 Å². The lowest BCUT2D eigenvalue weighted by atomic mass is 9.84. The Hall–Kier alpha value is -1.30. The van der Waals surface area contributed by atoms with Gasteiger partial charge in [0.05, 0.1) is 61.2 Å². The molecular weight excluding hydrogens is 648 g/mol. The smallest absolute Gasteiger partial charge is 0.359 e. The van der Waals surface area contributed by atoms with Gasteiger partial charge >= 0.3 is 5.97 Å². The summed E-state index contributed by atoms with van der Waals surface area (Å²) in [5.74, 6) is -0.804. The number of hydrogen-bond donors (Lipinski definition) is 1. The van der Waals surface area contributed by atoms with Crippen molar-refractivity contribution in [3.05, 3.63) is 0 Å². The molecule has 0 aromatic heterocycles. The molecule has 1 atom stereocenters. The van der Waals surface area contributed by atoms with Crippen LogP contribution in [0.4, 0.5) is 0 Å². The predicted molar refractivity (Wildman–Crippen MR) is 208 cm³/mol. The fourth-order valence-corrected chi connectivity index (χ4v) is 6.23. The van der Waals surface area contributed by atoms with Crippen LogP contribution in [0.25, 0.3) is 0 Å². The van der Waals surface area contributed by atoms with Crippen molar-refractivity contribution in [2.45, 2.75) is 142 Å². The molecule has 0 spiro atoms. The summed E-state index contributed by atoms with van der Waals surface area (Å²) in [5.41, 5.74) is -0.291. The van der Waals surface area contributed by atoms with Gasteiger partial charge in [-0.25, -0.2) is 4.79 Å². The summed E-state index contributed by atoms with van der Waals surface area (Å²) in [7, 11) is 7.89. The van der Waals surface area contributed by atoms with Gasteiger partial charge in [0, 0.05) is 25.2 Å². The van der Waals surface area contributed by atoms with Crippen molar-refractivity contribution < 1.29 is 47.3 Å². The van der Waals surface area contributed by atoms with E-state index in [1.165, 1.54) is 96.3 Å². The first-order valence-electron chi connectivity index (χ1n) is 20.7. The van der Waals surface area contributed by atoms with Crippen molar-refractivity contribution in [1.29, 1.82) is 0 Å². The number of carboxylic acid groups (broad SMARTS) is 1. The van der Waals surface area contributed by atoms with Crippen molar-refractivity contribution in [2.75, 3.05) is 107 Å². The zero-order valence-electron chi connectivity index (χ0n) is 34.4. The summed E-state index contributed by atoms with van der Waals surface area (Å²) >= 11 is 0. The quantitative estimate of drug-likeness (QED) is 0.0291. The lowest BCUT2D eigenvalue weighted by Crippen LogP contribution is -2.47. The number of carbonyl (C=O) groups is 2. The average Bonchev–Trinajstić information content (AvgIpc) is 3.08. The zero-order valence-corrected chi connectivity index (χ0v) is 34.4. The highest BCUT2D eigenvalue weighted by molar-refractivity contribution is 5.67. The molecule has 1 N–H and O–H groups in total. The van der Waals surface area contributed by atoms with E-state index in [1.807, 2.05) is 28.2 Å². The van der Waals surface area contributed by atoms with Crippen LogP contribution in [0.15, 0.2) is 0 Å². The number of rotatable bonds is 41. The fraction of sp³-hybridized carbons (Fsp3) is 0.951. The molecule has 0 saturated heterocycles. The summed E-state index contributed by atoms with van der Waals surface area (Å²) in [6, 6.07) is 0. The molecule has 51 heavy (non-hydrogen) atoms. The summed E-state index contributed by atoms with van der Waals surface area (Å²) in [4.78, 5) is 22.1. The minimum absolute atomic E-state index is 0.0608. The monoisotopic (exact) mass is 733 g/mol. The van der Waals surface area contributed by atoms with Crippen LogP contribution in [0, 0.1) is 5.41 Å². The van der Waals surface area contributed by atoms with E-state index in [-0.39, 0.29) is 12.0 Å². The summed E-state index contributed by atoms with van der Waals surface area (Å²) in [5, 5.41) is 9.32. The summed E-state index contributed by atoms with van der Waals surface area (Å²) < 4.78 is 30.9. The number of likely N-dealkylation sites (N-methyl/N-ethyl adjacent to an activating group) is 2. The maximum Gasteiger partial charge on any atom is 0.359 e. The van der Waals surface area contributed by atoms with Gasteiger partial charge in [0.2, 0.25) is 6.73 Å². The summed E-state index contributed by atoms with van der Waals surface area (Å²) in [6.45, 7) is 11.8. The predicted octanol–water partition coefficient (Wildman–Crippen LogP) is 8.25. The fourth-order valence-electron chi connectivity index (χ4n) is 6.23. The Balaban J connectivity index is 5.15. The highest BCUT2D eigenvalue weighted by Gasteiger charge is 2.32. The zero-order chi connectivity index (χ0) is 37.9. The summed E-state index contributed by atoms with van der Waals surface area (Å²) in [6.07, 6.45) is 24.6. The minimum Gasteiger partial charge on any atom is -0.477 e. The molecule has 0 aliphatic heterocycles. The topological polar surface area (TPSA) is 101 Å². The molecule has 0 rings (SSSR count). The van der Waals surface area contributed by atoms with Crippen LogP contribution >= 0.6 is 0 Å². The van der Waals surface area contributed by atoms with Crippen LogP contribution in [0.5, 0.6) is 0 Å². The Labute approximate surface area is 314 Å². The van der Waals surface area contributed by atoms with Crippen molar-refractivity contribution in [3.8, 4) is 0 Å². The van der Waals surface area contributed by atoms with Crippen LogP contribution in [-0.4, -0.2) is 134 Å². The third kappa shape index (κ3) is 33.0. The van der Waals surface area contributed by atoms with Gasteiger partial charge in [0.1, 0.15) is 13.1 Å². The number of nitrogens with zero attached hydrogens (tertiary/aromatic N) is 2. The van der Waals surface area contributed by atoms with E-state index in [0.717, 1.165) is 51.9 Å². The van der Waals surface area contributed by atoms with Gasteiger partial charge in [0.15, 0.2) is 6.54 Å². The van der Waals surface area contributed by atoms with E-state index >= 15 is 0 Å². The molecule has 0 aliphatic rings. The second kappa shape index (κ2) is 33.3. The molecule has 0 radical (unpaired) electrons. The van der Waals surface area contributed by atoms with E-state index in [9.17, 15) is 14.7 Å². The molecule has 0 amide bonds. The van der Waals surface area contributed by atoms with Gasteiger partial charge in [-0.1, -0.05) is 117 Å². The van der Waals surface area contributed by atoms with Gasteiger partial charge in [-0.3, -0.25) is 9.28 Å².